The van der Waals surface area contributed by atoms with Gasteiger partial charge in [0.05, 0.1) is 0 Å². The van der Waals surface area contributed by atoms with E-state index in [-0.39, 0.29) is 5.54 Å². The molecule has 0 amide bonds. The molecule has 1 aliphatic heterocycles. The monoisotopic (exact) mass is 123 g/mol. The van der Waals surface area contributed by atoms with Crippen molar-refractivity contribution in [1.82, 2.24) is 5.32 Å². The topological polar surface area (TPSA) is 12.0 Å². The van der Waals surface area contributed by atoms with Crippen LogP contribution in [0.3, 0.4) is 0 Å². The summed E-state index contributed by atoms with van der Waals surface area (Å²) in [6, 6.07) is 0. The van der Waals surface area contributed by atoms with Crippen molar-refractivity contribution >= 4 is 0 Å². The molecule has 0 saturated heterocycles. The Balaban J connectivity index is 2.73. The summed E-state index contributed by atoms with van der Waals surface area (Å²) in [7, 11) is 0. The number of hydrogen-bond donors (Lipinski definition) is 1. The second-order valence-electron chi connectivity index (χ2n) is 3.06. The lowest BCUT2D eigenvalue weighted by molar-refractivity contribution is 0.525. The van der Waals surface area contributed by atoms with E-state index in [1.54, 1.807) is 0 Å². The summed E-state index contributed by atoms with van der Waals surface area (Å²) in [5, 5.41) is 3.33. The van der Waals surface area contributed by atoms with Crippen LogP contribution < -0.4 is 5.32 Å². The van der Waals surface area contributed by atoms with Crippen molar-refractivity contribution in [2.75, 3.05) is 0 Å². The smallest absolute Gasteiger partial charge is 0.0499 e. The van der Waals surface area contributed by atoms with Crippen molar-refractivity contribution in [2.24, 2.45) is 0 Å². The highest BCUT2D eigenvalue weighted by molar-refractivity contribution is 5.21. The predicted molar refractivity (Wildman–Crippen MR) is 40.1 cm³/mol. The summed E-state index contributed by atoms with van der Waals surface area (Å²) in [6.07, 6.45) is 6.32. The third-order valence-corrected chi connectivity index (χ3v) is 1.38. The molecule has 1 N–H and O–H groups in total. The molecule has 0 aromatic rings. The van der Waals surface area contributed by atoms with E-state index in [9.17, 15) is 0 Å². The number of hydrogen-bond acceptors (Lipinski definition) is 1. The molecule has 0 fully saturated rings. The van der Waals surface area contributed by atoms with E-state index in [0.717, 1.165) is 0 Å². The van der Waals surface area contributed by atoms with Crippen LogP contribution in [0.1, 0.15) is 20.8 Å². The van der Waals surface area contributed by atoms with E-state index in [2.05, 4.69) is 44.3 Å². The minimum absolute atomic E-state index is 0.152. The molecule has 1 aliphatic rings. The average molecular weight is 123 g/mol. The maximum absolute atomic E-state index is 3.33. The first-order valence-electron chi connectivity index (χ1n) is 3.24. The van der Waals surface area contributed by atoms with Crippen molar-refractivity contribution in [3.63, 3.8) is 0 Å². The third kappa shape index (κ3) is 1.60. The molecule has 0 spiro atoms. The molecule has 0 aromatic heterocycles. The average Bonchev–Trinajstić information content (AvgIpc) is 1.60. The van der Waals surface area contributed by atoms with Crippen LogP contribution >= 0.6 is 0 Å². The Morgan fingerprint density at radius 2 is 2.11 bits per heavy atom. The van der Waals surface area contributed by atoms with Gasteiger partial charge in [-0.3, -0.25) is 0 Å². The number of allylic oxidation sites excluding steroid dienone is 3. The lowest BCUT2D eigenvalue weighted by atomic mass is 10.0. The molecule has 0 aliphatic carbocycles. The van der Waals surface area contributed by atoms with Crippen molar-refractivity contribution < 1.29 is 0 Å². The molecule has 0 unspecified atom stereocenters. The molecule has 1 heterocycles. The molecule has 0 atom stereocenters. The molecule has 1 heteroatoms. The second-order valence-corrected chi connectivity index (χ2v) is 3.06. The van der Waals surface area contributed by atoms with Gasteiger partial charge in [-0.25, -0.2) is 0 Å². The van der Waals surface area contributed by atoms with Crippen molar-refractivity contribution in [2.45, 2.75) is 26.3 Å². The van der Waals surface area contributed by atoms with E-state index in [1.165, 1.54) is 5.70 Å². The van der Waals surface area contributed by atoms with Crippen LogP contribution in [-0.2, 0) is 0 Å². The van der Waals surface area contributed by atoms with Gasteiger partial charge in [0.1, 0.15) is 0 Å². The summed E-state index contributed by atoms with van der Waals surface area (Å²) in [6.45, 7) is 6.38. The number of nitrogens with one attached hydrogen (secondary N) is 1. The summed E-state index contributed by atoms with van der Waals surface area (Å²) >= 11 is 0. The minimum atomic E-state index is 0.152. The second kappa shape index (κ2) is 1.90. The van der Waals surface area contributed by atoms with E-state index in [1.807, 2.05) is 0 Å². The highest BCUT2D eigenvalue weighted by atomic mass is 15.0. The van der Waals surface area contributed by atoms with Crippen molar-refractivity contribution in [3.8, 4) is 0 Å². The Hall–Kier alpha value is -0.720. The maximum Gasteiger partial charge on any atom is 0.0499 e. The van der Waals surface area contributed by atoms with Gasteiger partial charge in [0.2, 0.25) is 0 Å². The Morgan fingerprint density at radius 3 is 2.44 bits per heavy atom. The van der Waals surface area contributed by atoms with Gasteiger partial charge in [-0.15, -0.1) is 0 Å². The Kier molecular flexibility index (Phi) is 1.35. The molecule has 0 saturated carbocycles. The molecule has 9 heavy (non-hydrogen) atoms. The lowest BCUT2D eigenvalue weighted by Gasteiger charge is -2.26. The van der Waals surface area contributed by atoms with Gasteiger partial charge in [-0.05, 0) is 26.8 Å². The van der Waals surface area contributed by atoms with Gasteiger partial charge in [-0.2, -0.15) is 0 Å². The number of dihydropyridines is 1. The fourth-order valence-electron chi connectivity index (χ4n) is 1.02. The summed E-state index contributed by atoms with van der Waals surface area (Å²) < 4.78 is 0. The summed E-state index contributed by atoms with van der Waals surface area (Å²) in [4.78, 5) is 0. The molecule has 1 nitrogen and oxygen atoms in total. The molecule has 0 bridgehead atoms. The molecule has 1 rings (SSSR count). The van der Waals surface area contributed by atoms with E-state index < -0.39 is 0 Å². The molecule has 0 radical (unpaired) electrons. The normalized spacial score (nSPS) is 22.8. The standard InChI is InChI=1S/C8H13N/c1-7-5-4-6-8(2,3)9-7/h4-6,9H,1-3H3. The van der Waals surface area contributed by atoms with Gasteiger partial charge in [0.15, 0.2) is 0 Å². The zero-order valence-corrected chi connectivity index (χ0v) is 6.23. The van der Waals surface area contributed by atoms with Crippen LogP contribution in [0.4, 0.5) is 0 Å². The first-order chi connectivity index (χ1) is 4.10. The van der Waals surface area contributed by atoms with Crippen LogP contribution in [0.2, 0.25) is 0 Å². The molecular formula is C8H13N. The number of rotatable bonds is 0. The highest BCUT2D eigenvalue weighted by Gasteiger charge is 2.13. The van der Waals surface area contributed by atoms with Crippen LogP contribution in [0, 0.1) is 0 Å². The molecule has 0 aromatic carbocycles. The zero-order chi connectivity index (χ0) is 6.91. The van der Waals surface area contributed by atoms with Crippen molar-refractivity contribution in [1.29, 1.82) is 0 Å². The Bertz CT molecular complexity index is 163. The van der Waals surface area contributed by atoms with Crippen LogP contribution in [0.15, 0.2) is 23.9 Å². The van der Waals surface area contributed by atoms with E-state index >= 15 is 0 Å². The first-order valence-corrected chi connectivity index (χ1v) is 3.24. The molecule has 50 valence electrons. The quantitative estimate of drug-likeness (QED) is 0.518. The third-order valence-electron chi connectivity index (χ3n) is 1.38. The molecular weight excluding hydrogens is 110 g/mol. The Labute approximate surface area is 56.5 Å². The van der Waals surface area contributed by atoms with Gasteiger partial charge in [0.25, 0.3) is 0 Å². The largest absolute Gasteiger partial charge is 0.380 e. The zero-order valence-electron chi connectivity index (χ0n) is 6.23. The maximum atomic E-state index is 3.33. The van der Waals surface area contributed by atoms with Gasteiger partial charge < -0.3 is 5.32 Å². The van der Waals surface area contributed by atoms with Crippen LogP contribution in [0.5, 0.6) is 0 Å². The fraction of sp³-hybridized carbons (Fsp3) is 0.500. The summed E-state index contributed by atoms with van der Waals surface area (Å²) in [5.74, 6) is 0. The fourth-order valence-corrected chi connectivity index (χ4v) is 1.02. The van der Waals surface area contributed by atoms with Crippen molar-refractivity contribution in [3.05, 3.63) is 23.9 Å². The van der Waals surface area contributed by atoms with E-state index in [4.69, 9.17) is 0 Å². The van der Waals surface area contributed by atoms with Gasteiger partial charge in [-0.1, -0.05) is 12.2 Å². The van der Waals surface area contributed by atoms with E-state index in [0.29, 0.717) is 0 Å². The highest BCUT2D eigenvalue weighted by Crippen LogP contribution is 2.11. The first kappa shape index (κ1) is 6.40. The minimum Gasteiger partial charge on any atom is -0.380 e. The summed E-state index contributed by atoms with van der Waals surface area (Å²) in [5.41, 5.74) is 1.39. The SMILES string of the molecule is CC1=CC=CC(C)(C)N1. The lowest BCUT2D eigenvalue weighted by Crippen LogP contribution is -2.37. The van der Waals surface area contributed by atoms with Gasteiger partial charge in [0, 0.05) is 11.2 Å². The van der Waals surface area contributed by atoms with Crippen LogP contribution in [-0.4, -0.2) is 5.54 Å². The van der Waals surface area contributed by atoms with Gasteiger partial charge >= 0.3 is 0 Å². The predicted octanol–water partition coefficient (Wildman–Crippen LogP) is 1.83. The Morgan fingerprint density at radius 1 is 1.44 bits per heavy atom. The van der Waals surface area contributed by atoms with Crippen LogP contribution in [0.25, 0.3) is 0 Å².